The Morgan fingerprint density at radius 2 is 2.29 bits per heavy atom. The van der Waals surface area contributed by atoms with Gasteiger partial charge in [-0.1, -0.05) is 24.3 Å². The van der Waals surface area contributed by atoms with E-state index < -0.39 is 0 Å². The highest BCUT2D eigenvalue weighted by atomic mass is 16.9. The molecule has 1 spiro atoms. The summed E-state index contributed by atoms with van der Waals surface area (Å²) in [5.41, 5.74) is 5.30. The highest BCUT2D eigenvalue weighted by Gasteiger charge is 2.47. The van der Waals surface area contributed by atoms with Crippen molar-refractivity contribution in [2.24, 2.45) is 5.41 Å². The summed E-state index contributed by atoms with van der Waals surface area (Å²) in [6.45, 7) is 0. The second-order valence-corrected chi connectivity index (χ2v) is 4.20. The zero-order chi connectivity index (χ0) is 9.17. The lowest BCUT2D eigenvalue weighted by Gasteiger charge is -2.27. The predicted octanol–water partition coefficient (Wildman–Crippen LogP) is 1.88. The van der Waals surface area contributed by atoms with Crippen LogP contribution in [-0.2, 0) is 9.68 Å². The van der Waals surface area contributed by atoms with Crippen molar-refractivity contribution in [2.75, 3.05) is 0 Å². The lowest BCUT2D eigenvalue weighted by molar-refractivity contribution is -0.0650. The van der Waals surface area contributed by atoms with E-state index in [1.165, 1.54) is 11.1 Å². The van der Waals surface area contributed by atoms with Crippen LogP contribution in [0.2, 0.25) is 0 Å². The van der Waals surface area contributed by atoms with E-state index in [1.54, 1.807) is 0 Å². The van der Waals surface area contributed by atoms with Crippen LogP contribution in [0.25, 0.3) is 0 Å². The molecule has 0 aromatic heterocycles. The summed E-state index contributed by atoms with van der Waals surface area (Å²) >= 11 is 0. The molecule has 1 atom stereocenters. The molecule has 3 nitrogen and oxygen atoms in total. The van der Waals surface area contributed by atoms with Gasteiger partial charge in [0.1, 0.15) is 0 Å². The van der Waals surface area contributed by atoms with Crippen molar-refractivity contribution < 1.29 is 9.68 Å². The Balaban J connectivity index is 1.93. The third kappa shape index (κ3) is 0.610. The van der Waals surface area contributed by atoms with Crippen LogP contribution in [0.15, 0.2) is 47.0 Å². The van der Waals surface area contributed by atoms with E-state index in [0.717, 1.165) is 24.4 Å². The van der Waals surface area contributed by atoms with Gasteiger partial charge in [-0.3, -0.25) is 0 Å². The van der Waals surface area contributed by atoms with Crippen molar-refractivity contribution in [3.63, 3.8) is 0 Å². The third-order valence-corrected chi connectivity index (χ3v) is 3.43. The van der Waals surface area contributed by atoms with Gasteiger partial charge in [0.05, 0.1) is 0 Å². The monoisotopic (exact) mass is 187 g/mol. The van der Waals surface area contributed by atoms with Gasteiger partial charge in [-0.05, 0) is 12.0 Å². The van der Waals surface area contributed by atoms with Crippen molar-refractivity contribution in [1.82, 2.24) is 5.64 Å². The first-order chi connectivity index (χ1) is 6.87. The van der Waals surface area contributed by atoms with Crippen LogP contribution in [0.5, 0.6) is 0 Å². The number of fused-ring (bicyclic) bond motifs is 2. The van der Waals surface area contributed by atoms with Crippen LogP contribution in [0.4, 0.5) is 0 Å². The Morgan fingerprint density at radius 3 is 3.29 bits per heavy atom. The fourth-order valence-corrected chi connectivity index (χ4v) is 2.76. The molecule has 1 heterocycles. The highest BCUT2D eigenvalue weighted by molar-refractivity contribution is 5.56. The van der Waals surface area contributed by atoms with E-state index >= 15 is 0 Å². The molecule has 0 amide bonds. The molecular formula is C11H9NO2. The van der Waals surface area contributed by atoms with Gasteiger partial charge in [0.25, 0.3) is 0 Å². The molecule has 4 rings (SSSR count). The quantitative estimate of drug-likeness (QED) is 0.628. The number of allylic oxidation sites excluding steroid dienone is 7. The summed E-state index contributed by atoms with van der Waals surface area (Å²) in [5, 5.41) is 0. The minimum Gasteiger partial charge on any atom is -0.374 e. The Hall–Kier alpha value is -1.48. The second kappa shape index (κ2) is 1.96. The molecule has 1 aliphatic heterocycles. The number of hydrogen-bond donors (Lipinski definition) is 1. The van der Waals surface area contributed by atoms with Gasteiger partial charge >= 0.3 is 0 Å². The minimum absolute atomic E-state index is 0.184. The maximum Gasteiger partial charge on any atom is 0.194 e. The first-order valence-electron chi connectivity index (χ1n) is 4.80. The van der Waals surface area contributed by atoms with Crippen molar-refractivity contribution in [2.45, 2.75) is 12.8 Å². The topological polar surface area (TPSA) is 30.5 Å². The molecule has 0 radical (unpaired) electrons. The lowest BCUT2D eigenvalue weighted by Crippen LogP contribution is -2.19. The molecule has 70 valence electrons. The average Bonchev–Trinajstić information content (AvgIpc) is 2.78. The van der Waals surface area contributed by atoms with Gasteiger partial charge in [0.2, 0.25) is 0 Å². The molecule has 0 saturated carbocycles. The van der Waals surface area contributed by atoms with Gasteiger partial charge in [-0.2, -0.15) is 0 Å². The molecule has 0 saturated heterocycles. The Bertz CT molecular complexity index is 456. The van der Waals surface area contributed by atoms with Gasteiger partial charge in [-0.15, -0.1) is 0 Å². The van der Waals surface area contributed by atoms with Crippen LogP contribution in [0.1, 0.15) is 12.8 Å². The summed E-state index contributed by atoms with van der Waals surface area (Å²) in [7, 11) is 0. The zero-order valence-electron chi connectivity index (χ0n) is 7.54. The standard InChI is InChI=1S/C11H9NO2/c1-2-8-4-7-5-11(8,3-1)6-9-10(7)14-12-13-9/h1-4,12H,5-6H2. The van der Waals surface area contributed by atoms with Gasteiger partial charge in [0, 0.05) is 23.1 Å². The number of nitrogens with one attached hydrogen (secondary N) is 1. The summed E-state index contributed by atoms with van der Waals surface area (Å²) in [6, 6.07) is 0. The zero-order valence-corrected chi connectivity index (χ0v) is 7.54. The molecule has 0 aromatic carbocycles. The molecular weight excluding hydrogens is 178 g/mol. The molecule has 14 heavy (non-hydrogen) atoms. The molecule has 1 unspecified atom stereocenters. The normalized spacial score (nSPS) is 36.0. The van der Waals surface area contributed by atoms with E-state index in [9.17, 15) is 0 Å². The number of rotatable bonds is 0. The summed E-state index contributed by atoms with van der Waals surface area (Å²) in [5.74, 6) is 1.84. The largest absolute Gasteiger partial charge is 0.374 e. The summed E-state index contributed by atoms with van der Waals surface area (Å²) in [6.07, 6.45) is 10.8. The van der Waals surface area contributed by atoms with E-state index in [-0.39, 0.29) is 5.41 Å². The summed E-state index contributed by atoms with van der Waals surface area (Å²) < 4.78 is 0. The summed E-state index contributed by atoms with van der Waals surface area (Å²) in [4.78, 5) is 10.5. The first kappa shape index (κ1) is 6.90. The Morgan fingerprint density at radius 1 is 1.29 bits per heavy atom. The average molecular weight is 187 g/mol. The van der Waals surface area contributed by atoms with Crippen LogP contribution in [0.3, 0.4) is 0 Å². The molecule has 0 fully saturated rings. The third-order valence-electron chi connectivity index (χ3n) is 3.43. The maximum absolute atomic E-state index is 5.25. The van der Waals surface area contributed by atoms with Crippen molar-refractivity contribution in [3.05, 3.63) is 47.0 Å². The minimum atomic E-state index is 0.184. The predicted molar refractivity (Wildman–Crippen MR) is 49.3 cm³/mol. The van der Waals surface area contributed by atoms with Crippen LogP contribution >= 0.6 is 0 Å². The lowest BCUT2D eigenvalue weighted by atomic mass is 9.76. The van der Waals surface area contributed by atoms with E-state index in [4.69, 9.17) is 9.68 Å². The molecule has 3 aliphatic carbocycles. The highest BCUT2D eigenvalue weighted by Crippen LogP contribution is 2.56. The maximum atomic E-state index is 5.25. The molecule has 3 heteroatoms. The smallest absolute Gasteiger partial charge is 0.194 e. The van der Waals surface area contributed by atoms with Crippen LogP contribution in [-0.4, -0.2) is 0 Å². The van der Waals surface area contributed by atoms with E-state index in [0.29, 0.717) is 0 Å². The van der Waals surface area contributed by atoms with Crippen molar-refractivity contribution in [3.8, 4) is 0 Å². The van der Waals surface area contributed by atoms with Crippen LogP contribution < -0.4 is 5.64 Å². The van der Waals surface area contributed by atoms with Gasteiger partial charge in [-0.25, -0.2) is 0 Å². The van der Waals surface area contributed by atoms with Crippen molar-refractivity contribution in [1.29, 1.82) is 0 Å². The Labute approximate surface area is 81.3 Å². The van der Waals surface area contributed by atoms with Crippen LogP contribution in [0, 0.1) is 5.41 Å². The molecule has 0 aromatic rings. The Kier molecular flexibility index (Phi) is 0.965. The molecule has 2 bridgehead atoms. The fourth-order valence-electron chi connectivity index (χ4n) is 2.76. The van der Waals surface area contributed by atoms with E-state index in [2.05, 4.69) is 29.9 Å². The molecule has 1 N–H and O–H groups in total. The fraction of sp³-hybridized carbons (Fsp3) is 0.273. The first-order valence-corrected chi connectivity index (χ1v) is 4.80. The van der Waals surface area contributed by atoms with Crippen molar-refractivity contribution >= 4 is 0 Å². The SMILES string of the molecule is C1=CC23CC(=CC2=C1)C1=C(C3)ONO1. The van der Waals surface area contributed by atoms with Gasteiger partial charge < -0.3 is 9.68 Å². The molecule has 4 aliphatic rings. The second-order valence-electron chi connectivity index (χ2n) is 4.20. The van der Waals surface area contributed by atoms with E-state index in [1.807, 2.05) is 0 Å². The number of hydrogen-bond acceptors (Lipinski definition) is 3. The van der Waals surface area contributed by atoms with Gasteiger partial charge in [0.15, 0.2) is 11.5 Å².